The van der Waals surface area contributed by atoms with Crippen LogP contribution in [0.3, 0.4) is 0 Å². The highest BCUT2D eigenvalue weighted by Gasteiger charge is 2.22. The van der Waals surface area contributed by atoms with Crippen LogP contribution in [0, 0.1) is 0 Å². The highest BCUT2D eigenvalue weighted by molar-refractivity contribution is 7.99. The van der Waals surface area contributed by atoms with Crippen LogP contribution in [0.15, 0.2) is 0 Å². The minimum absolute atomic E-state index is 0.103. The summed E-state index contributed by atoms with van der Waals surface area (Å²) >= 11 is 1.88. The van der Waals surface area contributed by atoms with Crippen LogP contribution in [0.2, 0.25) is 0 Å². The van der Waals surface area contributed by atoms with Crippen LogP contribution in [-0.2, 0) is 10.8 Å². The predicted octanol–water partition coefficient (Wildman–Crippen LogP) is 0.950. The maximum absolute atomic E-state index is 11.4. The summed E-state index contributed by atoms with van der Waals surface area (Å²) in [4.78, 5) is 11.4. The first-order valence-corrected chi connectivity index (χ1v) is 8.33. The average Bonchev–Trinajstić information content (AvgIpc) is 2.63. The summed E-state index contributed by atoms with van der Waals surface area (Å²) in [5.41, 5.74) is 0. The second kappa shape index (κ2) is 7.95. The Morgan fingerprint density at radius 3 is 3.00 bits per heavy atom. The van der Waals surface area contributed by atoms with Crippen LogP contribution in [-0.4, -0.2) is 45.8 Å². The monoisotopic (exact) mass is 264 g/mol. The number of hydrogen-bond acceptors (Lipinski definition) is 3. The first-order valence-electron chi connectivity index (χ1n) is 5.69. The van der Waals surface area contributed by atoms with E-state index in [9.17, 15) is 9.00 Å². The second-order valence-corrected chi connectivity index (χ2v) is 6.76. The first-order chi connectivity index (χ1) is 7.72. The molecule has 0 aromatic rings. The molecule has 1 rings (SSSR count). The average molecular weight is 264 g/mol. The van der Waals surface area contributed by atoms with E-state index < -0.39 is 10.8 Å². The van der Waals surface area contributed by atoms with Crippen molar-refractivity contribution in [2.75, 3.05) is 29.6 Å². The minimum atomic E-state index is -0.725. The zero-order chi connectivity index (χ0) is 11.8. The number of hydrogen-bond donors (Lipinski definition) is 2. The number of urea groups is 1. The molecule has 0 aromatic carbocycles. The number of carbonyl (C=O) groups excluding carboxylic acids is 1. The van der Waals surface area contributed by atoms with Crippen molar-refractivity contribution in [1.29, 1.82) is 0 Å². The van der Waals surface area contributed by atoms with Crippen LogP contribution < -0.4 is 10.6 Å². The number of thioether (sulfide) groups is 1. The fraction of sp³-hybridized carbons (Fsp3) is 0.900. The zero-order valence-corrected chi connectivity index (χ0v) is 11.3. The van der Waals surface area contributed by atoms with E-state index in [1.807, 2.05) is 11.8 Å². The summed E-state index contributed by atoms with van der Waals surface area (Å²) in [5.74, 6) is 3.54. The summed E-state index contributed by atoms with van der Waals surface area (Å²) in [6.07, 6.45) is 1.84. The SMILES string of the molecule is CCSCCCNC(=O)N[C@@H]1CC[S@](=O)C1. The predicted molar refractivity (Wildman–Crippen MR) is 70.4 cm³/mol. The van der Waals surface area contributed by atoms with E-state index in [0.717, 1.165) is 30.1 Å². The molecule has 0 spiro atoms. The Bertz CT molecular complexity index is 249. The van der Waals surface area contributed by atoms with Gasteiger partial charge in [-0.25, -0.2) is 4.79 Å². The normalized spacial score (nSPS) is 24.3. The zero-order valence-electron chi connectivity index (χ0n) is 9.66. The van der Waals surface area contributed by atoms with Crippen LogP contribution in [0.4, 0.5) is 4.79 Å². The van der Waals surface area contributed by atoms with Gasteiger partial charge in [0.15, 0.2) is 0 Å². The largest absolute Gasteiger partial charge is 0.338 e. The minimum Gasteiger partial charge on any atom is -0.338 e. The van der Waals surface area contributed by atoms with Gasteiger partial charge in [0, 0.05) is 34.9 Å². The van der Waals surface area contributed by atoms with E-state index in [2.05, 4.69) is 17.6 Å². The Morgan fingerprint density at radius 2 is 2.38 bits per heavy atom. The van der Waals surface area contributed by atoms with E-state index in [-0.39, 0.29) is 12.1 Å². The van der Waals surface area contributed by atoms with Crippen molar-refractivity contribution < 1.29 is 9.00 Å². The first kappa shape index (κ1) is 13.8. The van der Waals surface area contributed by atoms with Crippen molar-refractivity contribution in [2.45, 2.75) is 25.8 Å². The van der Waals surface area contributed by atoms with Crippen LogP contribution in [0.5, 0.6) is 0 Å². The molecular formula is C10H20N2O2S2. The third kappa shape index (κ3) is 5.75. The van der Waals surface area contributed by atoms with E-state index >= 15 is 0 Å². The van der Waals surface area contributed by atoms with Gasteiger partial charge in [-0.2, -0.15) is 11.8 Å². The molecule has 1 saturated heterocycles. The van der Waals surface area contributed by atoms with Gasteiger partial charge in [-0.1, -0.05) is 6.92 Å². The van der Waals surface area contributed by atoms with Crippen LogP contribution >= 0.6 is 11.8 Å². The molecule has 1 fully saturated rings. The van der Waals surface area contributed by atoms with E-state index in [4.69, 9.17) is 0 Å². The Labute approximate surface area is 104 Å². The number of nitrogens with one attached hydrogen (secondary N) is 2. The lowest BCUT2D eigenvalue weighted by Gasteiger charge is -2.11. The molecule has 4 nitrogen and oxygen atoms in total. The standard InChI is InChI=1S/C10H20N2O2S2/c1-2-15-6-3-5-11-10(13)12-9-4-7-16(14)8-9/h9H,2-8H2,1H3,(H2,11,12,13)/t9-,16+/m1/s1. The molecule has 0 saturated carbocycles. The van der Waals surface area contributed by atoms with Gasteiger partial charge in [-0.15, -0.1) is 0 Å². The van der Waals surface area contributed by atoms with Crippen molar-refractivity contribution in [2.24, 2.45) is 0 Å². The molecule has 6 heteroatoms. The van der Waals surface area contributed by atoms with Gasteiger partial charge >= 0.3 is 6.03 Å². The molecule has 0 radical (unpaired) electrons. The molecular weight excluding hydrogens is 244 g/mol. The molecule has 2 N–H and O–H groups in total. The Balaban J connectivity index is 2.00. The second-order valence-electron chi connectivity index (χ2n) is 3.75. The van der Waals surface area contributed by atoms with E-state index in [1.54, 1.807) is 0 Å². The van der Waals surface area contributed by atoms with E-state index in [1.165, 1.54) is 0 Å². The maximum Gasteiger partial charge on any atom is 0.315 e. The van der Waals surface area contributed by atoms with Gasteiger partial charge in [-0.3, -0.25) is 4.21 Å². The van der Waals surface area contributed by atoms with Crippen molar-refractivity contribution in [3.8, 4) is 0 Å². The van der Waals surface area contributed by atoms with Gasteiger partial charge in [0.05, 0.1) is 0 Å². The van der Waals surface area contributed by atoms with E-state index in [0.29, 0.717) is 12.3 Å². The summed E-state index contributed by atoms with van der Waals surface area (Å²) in [6.45, 7) is 2.85. The molecule has 16 heavy (non-hydrogen) atoms. The molecule has 0 unspecified atom stereocenters. The van der Waals surface area contributed by atoms with Crippen molar-refractivity contribution in [1.82, 2.24) is 10.6 Å². The number of carbonyl (C=O) groups is 1. The molecule has 1 heterocycles. The Morgan fingerprint density at radius 1 is 1.56 bits per heavy atom. The summed E-state index contributed by atoms with van der Waals surface area (Å²) in [7, 11) is -0.725. The van der Waals surface area contributed by atoms with Crippen molar-refractivity contribution in [3.05, 3.63) is 0 Å². The van der Waals surface area contributed by atoms with Crippen molar-refractivity contribution >= 4 is 28.6 Å². The fourth-order valence-corrected chi connectivity index (χ4v) is 3.59. The summed E-state index contributed by atoms with van der Waals surface area (Å²) < 4.78 is 11.1. The lowest BCUT2D eigenvalue weighted by Crippen LogP contribution is -2.42. The molecule has 0 bridgehead atoms. The topological polar surface area (TPSA) is 58.2 Å². The lowest BCUT2D eigenvalue weighted by molar-refractivity contribution is 0.238. The van der Waals surface area contributed by atoms with Gasteiger partial charge < -0.3 is 10.6 Å². The van der Waals surface area contributed by atoms with Crippen LogP contribution in [0.1, 0.15) is 19.8 Å². The van der Waals surface area contributed by atoms with Gasteiger partial charge in [-0.05, 0) is 24.3 Å². The molecule has 2 amide bonds. The Kier molecular flexibility index (Phi) is 6.87. The smallest absolute Gasteiger partial charge is 0.315 e. The van der Waals surface area contributed by atoms with Crippen molar-refractivity contribution in [3.63, 3.8) is 0 Å². The summed E-state index contributed by atoms with van der Waals surface area (Å²) in [6, 6.07) is -0.0174. The maximum atomic E-state index is 11.4. The van der Waals surface area contributed by atoms with Gasteiger partial charge in [0.1, 0.15) is 0 Å². The van der Waals surface area contributed by atoms with Crippen LogP contribution in [0.25, 0.3) is 0 Å². The highest BCUT2D eigenvalue weighted by Crippen LogP contribution is 2.06. The third-order valence-electron chi connectivity index (χ3n) is 2.37. The molecule has 1 aliphatic rings. The molecule has 0 aliphatic carbocycles. The number of amides is 2. The third-order valence-corrected chi connectivity index (χ3v) is 4.82. The fourth-order valence-electron chi connectivity index (χ4n) is 1.54. The van der Waals surface area contributed by atoms with Gasteiger partial charge in [0.2, 0.25) is 0 Å². The van der Waals surface area contributed by atoms with Gasteiger partial charge in [0.25, 0.3) is 0 Å². The Hall–Kier alpha value is -0.230. The molecule has 1 aliphatic heterocycles. The summed E-state index contributed by atoms with van der Waals surface area (Å²) in [5, 5.41) is 5.67. The molecule has 94 valence electrons. The quantitative estimate of drug-likeness (QED) is 0.702. The molecule has 2 atom stereocenters. The molecule has 0 aromatic heterocycles. The lowest BCUT2D eigenvalue weighted by atomic mass is 10.3. The number of rotatable bonds is 6. The highest BCUT2D eigenvalue weighted by atomic mass is 32.2.